The predicted octanol–water partition coefficient (Wildman–Crippen LogP) is 3.27. The lowest BCUT2D eigenvalue weighted by Gasteiger charge is -2.29. The van der Waals surface area contributed by atoms with Crippen LogP contribution in [0, 0.1) is 33.8 Å². The molecule has 1 atom stereocenters. The lowest BCUT2D eigenvalue weighted by molar-refractivity contribution is -0.386. The predicted molar refractivity (Wildman–Crippen MR) is 81.3 cm³/mol. The van der Waals surface area contributed by atoms with Gasteiger partial charge in [-0.25, -0.2) is 0 Å². The Kier molecular flexibility index (Phi) is 5.07. The van der Waals surface area contributed by atoms with Crippen LogP contribution in [0.1, 0.15) is 31.1 Å². The minimum Gasteiger partial charge on any atom is -0.387 e. The van der Waals surface area contributed by atoms with Crippen molar-refractivity contribution in [3.05, 3.63) is 50.5 Å². The van der Waals surface area contributed by atoms with Gasteiger partial charge >= 0.3 is 0 Å². The van der Waals surface area contributed by atoms with Gasteiger partial charge in [0.1, 0.15) is 6.07 Å². The smallest absolute Gasteiger partial charge is 0.279 e. The van der Waals surface area contributed by atoms with Crippen molar-refractivity contribution in [3.8, 4) is 6.07 Å². The van der Waals surface area contributed by atoms with Gasteiger partial charge in [-0.1, -0.05) is 18.2 Å². The van der Waals surface area contributed by atoms with Gasteiger partial charge in [-0.2, -0.15) is 5.26 Å². The number of nitrogens with zero attached hydrogens (tertiary/aromatic N) is 2. The molecule has 116 valence electrons. The number of allylic oxidation sites excluding steroid dienone is 1. The van der Waals surface area contributed by atoms with Crippen molar-refractivity contribution in [1.82, 2.24) is 0 Å². The van der Waals surface area contributed by atoms with Crippen LogP contribution in [0.2, 0.25) is 5.02 Å². The first-order valence-electron chi connectivity index (χ1n) is 6.31. The molecular formula is C15H15ClN2O4. The molecule has 0 aromatic heterocycles. The Morgan fingerprint density at radius 3 is 2.55 bits per heavy atom. The van der Waals surface area contributed by atoms with Gasteiger partial charge in [0.2, 0.25) is 0 Å². The quantitative estimate of drug-likeness (QED) is 0.387. The average Bonchev–Trinajstić information content (AvgIpc) is 2.46. The number of Topliss-reactive ketones (excluding diaryl/α,β-unsaturated/α-hetero) is 1. The van der Waals surface area contributed by atoms with E-state index in [0.717, 1.165) is 0 Å². The van der Waals surface area contributed by atoms with Gasteiger partial charge in [0.25, 0.3) is 5.69 Å². The van der Waals surface area contributed by atoms with Gasteiger partial charge < -0.3 is 5.11 Å². The molecule has 0 aliphatic carbocycles. The maximum atomic E-state index is 12.2. The first kappa shape index (κ1) is 17.8. The first-order valence-corrected chi connectivity index (χ1v) is 6.68. The number of nitro benzene ring substituents is 1. The molecule has 0 amide bonds. The van der Waals surface area contributed by atoms with Crippen LogP contribution < -0.4 is 0 Å². The standard InChI is InChI=1S/C15H15ClN2O4/c1-8(7-17)13(19)15(3,4)14(20)10-5-6-11(16)9(2)12(10)18(21)22/h5-6,14,20H,1H2,2-4H3. The van der Waals surface area contributed by atoms with Gasteiger partial charge in [-0.3, -0.25) is 14.9 Å². The number of ketones is 1. The van der Waals surface area contributed by atoms with Crippen molar-refractivity contribution in [2.75, 3.05) is 0 Å². The minimum absolute atomic E-state index is 0.0315. The largest absolute Gasteiger partial charge is 0.387 e. The van der Waals surface area contributed by atoms with Gasteiger partial charge in [0.05, 0.1) is 32.6 Å². The fourth-order valence-electron chi connectivity index (χ4n) is 2.11. The van der Waals surface area contributed by atoms with E-state index < -0.39 is 22.2 Å². The molecule has 0 aliphatic heterocycles. The average molecular weight is 323 g/mol. The lowest BCUT2D eigenvalue weighted by atomic mass is 9.76. The second-order valence-corrected chi connectivity index (χ2v) is 5.82. The van der Waals surface area contributed by atoms with Gasteiger partial charge in [-0.05, 0) is 32.9 Å². The fourth-order valence-corrected chi connectivity index (χ4v) is 2.26. The van der Waals surface area contributed by atoms with Crippen LogP contribution in [0.25, 0.3) is 0 Å². The second kappa shape index (κ2) is 6.26. The summed E-state index contributed by atoms with van der Waals surface area (Å²) in [5.41, 5.74) is -1.94. The first-order chi connectivity index (χ1) is 10.1. The van der Waals surface area contributed by atoms with Crippen molar-refractivity contribution >= 4 is 23.1 Å². The molecule has 7 heteroatoms. The van der Waals surface area contributed by atoms with E-state index in [0.29, 0.717) is 0 Å². The Bertz CT molecular complexity index is 704. The zero-order valence-corrected chi connectivity index (χ0v) is 13.1. The van der Waals surface area contributed by atoms with E-state index in [4.69, 9.17) is 16.9 Å². The molecule has 0 aliphatic rings. The molecule has 0 bridgehead atoms. The highest BCUT2D eigenvalue weighted by Crippen LogP contribution is 2.42. The number of rotatable bonds is 5. The maximum absolute atomic E-state index is 12.2. The molecule has 1 unspecified atom stereocenters. The zero-order valence-electron chi connectivity index (χ0n) is 12.4. The van der Waals surface area contributed by atoms with Crippen LogP contribution in [0.3, 0.4) is 0 Å². The zero-order chi connectivity index (χ0) is 17.2. The molecule has 22 heavy (non-hydrogen) atoms. The van der Waals surface area contributed by atoms with Crippen LogP contribution in [0.15, 0.2) is 24.3 Å². The summed E-state index contributed by atoms with van der Waals surface area (Å²) in [6.45, 7) is 7.58. The van der Waals surface area contributed by atoms with Gasteiger partial charge in [0.15, 0.2) is 5.78 Å². The monoisotopic (exact) mass is 322 g/mol. The van der Waals surface area contributed by atoms with E-state index >= 15 is 0 Å². The number of halogens is 1. The van der Waals surface area contributed by atoms with Crippen LogP contribution >= 0.6 is 11.6 Å². The number of carbonyl (C=O) groups excluding carboxylic acids is 1. The Labute approximate surface area is 132 Å². The Morgan fingerprint density at radius 1 is 1.55 bits per heavy atom. The third kappa shape index (κ3) is 3.01. The number of carbonyl (C=O) groups is 1. The summed E-state index contributed by atoms with van der Waals surface area (Å²) in [6, 6.07) is 4.35. The van der Waals surface area contributed by atoms with Crippen molar-refractivity contribution in [1.29, 1.82) is 5.26 Å². The van der Waals surface area contributed by atoms with E-state index in [9.17, 15) is 20.0 Å². The second-order valence-electron chi connectivity index (χ2n) is 5.41. The summed E-state index contributed by atoms with van der Waals surface area (Å²) in [5.74, 6) is -0.676. The third-order valence-corrected chi connectivity index (χ3v) is 3.96. The highest BCUT2D eigenvalue weighted by atomic mass is 35.5. The Balaban J connectivity index is 3.47. The normalized spacial score (nSPS) is 12.4. The molecule has 1 aromatic carbocycles. The lowest BCUT2D eigenvalue weighted by Crippen LogP contribution is -2.32. The van der Waals surface area contributed by atoms with Crippen molar-refractivity contribution in [2.45, 2.75) is 26.9 Å². The van der Waals surface area contributed by atoms with Crippen molar-refractivity contribution < 1.29 is 14.8 Å². The summed E-state index contributed by atoms with van der Waals surface area (Å²) < 4.78 is 0. The highest BCUT2D eigenvalue weighted by molar-refractivity contribution is 6.31. The molecule has 6 nitrogen and oxygen atoms in total. The number of hydrogen-bond donors (Lipinski definition) is 1. The van der Waals surface area contributed by atoms with E-state index in [1.54, 1.807) is 6.07 Å². The molecule has 0 saturated heterocycles. The topological polar surface area (TPSA) is 104 Å². The van der Waals surface area contributed by atoms with Crippen molar-refractivity contribution in [3.63, 3.8) is 0 Å². The summed E-state index contributed by atoms with van der Waals surface area (Å²) in [6.07, 6.45) is -1.48. The maximum Gasteiger partial charge on any atom is 0.279 e. The molecule has 0 spiro atoms. The Hall–Kier alpha value is -2.23. The van der Waals surface area contributed by atoms with Crippen LogP contribution in [-0.4, -0.2) is 15.8 Å². The number of hydrogen-bond acceptors (Lipinski definition) is 5. The SMILES string of the molecule is C=C(C#N)C(=O)C(C)(C)C(O)c1ccc(Cl)c(C)c1[N+](=O)[O-]. The molecule has 1 aromatic rings. The van der Waals surface area contributed by atoms with E-state index in [1.807, 2.05) is 0 Å². The number of benzene rings is 1. The third-order valence-electron chi connectivity index (χ3n) is 3.55. The summed E-state index contributed by atoms with van der Waals surface area (Å²) >= 11 is 5.87. The highest BCUT2D eigenvalue weighted by Gasteiger charge is 2.41. The Morgan fingerprint density at radius 2 is 2.09 bits per heavy atom. The number of aliphatic hydroxyl groups excluding tert-OH is 1. The number of nitro groups is 1. The van der Waals surface area contributed by atoms with E-state index in [1.165, 1.54) is 32.9 Å². The summed E-state index contributed by atoms with van der Waals surface area (Å²) in [4.78, 5) is 22.8. The number of nitriles is 1. The van der Waals surface area contributed by atoms with Crippen LogP contribution in [0.4, 0.5) is 5.69 Å². The van der Waals surface area contributed by atoms with Crippen LogP contribution in [0.5, 0.6) is 0 Å². The molecule has 0 saturated carbocycles. The summed E-state index contributed by atoms with van der Waals surface area (Å²) in [7, 11) is 0. The van der Waals surface area contributed by atoms with Crippen LogP contribution in [-0.2, 0) is 4.79 Å². The molecule has 0 radical (unpaired) electrons. The molecule has 0 heterocycles. The minimum atomic E-state index is -1.48. The number of aliphatic hydroxyl groups is 1. The molecule has 0 fully saturated rings. The van der Waals surface area contributed by atoms with Gasteiger partial charge in [0, 0.05) is 5.56 Å². The molecule has 1 N–H and O–H groups in total. The van der Waals surface area contributed by atoms with Gasteiger partial charge in [-0.15, -0.1) is 0 Å². The van der Waals surface area contributed by atoms with Crippen molar-refractivity contribution in [2.24, 2.45) is 5.41 Å². The van der Waals surface area contributed by atoms with E-state index in [-0.39, 0.29) is 27.4 Å². The molecular weight excluding hydrogens is 308 g/mol. The molecule has 1 rings (SSSR count). The summed E-state index contributed by atoms with van der Waals surface area (Å²) in [5, 5.41) is 30.7. The van der Waals surface area contributed by atoms with E-state index in [2.05, 4.69) is 6.58 Å². The fraction of sp³-hybridized carbons (Fsp3) is 0.333.